The molecule has 3 rings (SSSR count). The monoisotopic (exact) mass is 517 g/mol. The highest BCUT2D eigenvalue weighted by molar-refractivity contribution is 5.85. The summed E-state index contributed by atoms with van der Waals surface area (Å²) in [4.78, 5) is 37.4. The first-order valence-electron chi connectivity index (χ1n) is 12.5. The van der Waals surface area contributed by atoms with Gasteiger partial charge in [0.2, 0.25) is 5.91 Å². The Morgan fingerprint density at radius 3 is 1.76 bits per heavy atom. The van der Waals surface area contributed by atoms with E-state index in [1.54, 1.807) is 0 Å². The number of hydrogen-bond donors (Lipinski definition) is 3. The molecule has 3 aromatic carbocycles. The molecule has 0 aliphatic heterocycles. The number of rotatable bonds is 10. The zero-order valence-corrected chi connectivity index (χ0v) is 22.0. The molecular formula is C30H35N3O5. The van der Waals surface area contributed by atoms with Crippen LogP contribution in [0.3, 0.4) is 0 Å². The third-order valence-electron chi connectivity index (χ3n) is 5.43. The molecule has 0 spiro atoms. The van der Waals surface area contributed by atoms with Gasteiger partial charge in [0.25, 0.3) is 0 Å². The predicted molar refractivity (Wildman–Crippen MR) is 145 cm³/mol. The number of amides is 3. The molecule has 0 heterocycles. The summed E-state index contributed by atoms with van der Waals surface area (Å²) in [5.74, 6) is -0.318. The Morgan fingerprint density at radius 2 is 1.21 bits per heavy atom. The maximum Gasteiger partial charge on any atom is 0.408 e. The number of hydrogen-bond acceptors (Lipinski definition) is 5. The summed E-state index contributed by atoms with van der Waals surface area (Å²) in [5.41, 5.74) is 2.99. The minimum Gasteiger partial charge on any atom is -0.445 e. The van der Waals surface area contributed by atoms with Crippen LogP contribution in [0.5, 0.6) is 0 Å². The van der Waals surface area contributed by atoms with E-state index in [1.807, 2.05) is 106 Å². The number of alkyl carbamates (subject to hydrolysis) is 2. The highest BCUT2D eigenvalue weighted by Crippen LogP contribution is 2.09. The van der Waals surface area contributed by atoms with Gasteiger partial charge in [0.15, 0.2) is 0 Å². The highest BCUT2D eigenvalue weighted by Gasteiger charge is 2.22. The van der Waals surface area contributed by atoms with Crippen LogP contribution in [0.15, 0.2) is 84.9 Å². The van der Waals surface area contributed by atoms with Crippen molar-refractivity contribution in [3.8, 4) is 0 Å². The van der Waals surface area contributed by atoms with Gasteiger partial charge in [-0.25, -0.2) is 9.59 Å². The maximum absolute atomic E-state index is 13.0. The smallest absolute Gasteiger partial charge is 0.408 e. The second-order valence-corrected chi connectivity index (χ2v) is 9.84. The van der Waals surface area contributed by atoms with Gasteiger partial charge in [0, 0.05) is 19.5 Å². The summed E-state index contributed by atoms with van der Waals surface area (Å²) in [6.45, 7) is 6.15. The first-order chi connectivity index (χ1) is 18.2. The highest BCUT2D eigenvalue weighted by atomic mass is 16.6. The van der Waals surface area contributed by atoms with Crippen LogP contribution in [-0.4, -0.2) is 29.7 Å². The van der Waals surface area contributed by atoms with E-state index < -0.39 is 23.8 Å². The Bertz CT molecular complexity index is 1180. The van der Waals surface area contributed by atoms with Crippen LogP contribution in [0.25, 0.3) is 0 Å². The Hall–Kier alpha value is -4.33. The number of benzene rings is 3. The van der Waals surface area contributed by atoms with Crippen molar-refractivity contribution >= 4 is 18.1 Å². The minimum atomic E-state index is -0.807. The summed E-state index contributed by atoms with van der Waals surface area (Å²) < 4.78 is 10.6. The van der Waals surface area contributed by atoms with Crippen molar-refractivity contribution in [3.05, 3.63) is 107 Å². The molecule has 0 radical (unpaired) electrons. The van der Waals surface area contributed by atoms with Crippen LogP contribution in [0.1, 0.15) is 43.0 Å². The van der Waals surface area contributed by atoms with Crippen LogP contribution in [0, 0.1) is 0 Å². The van der Waals surface area contributed by atoms with E-state index >= 15 is 0 Å². The molecule has 0 saturated heterocycles. The molecule has 8 nitrogen and oxygen atoms in total. The van der Waals surface area contributed by atoms with Crippen LogP contribution >= 0.6 is 0 Å². The molecule has 3 N–H and O–H groups in total. The normalized spacial score (nSPS) is 11.7. The van der Waals surface area contributed by atoms with E-state index in [1.165, 1.54) is 0 Å². The second kappa shape index (κ2) is 13.8. The minimum absolute atomic E-state index is 0.113. The van der Waals surface area contributed by atoms with E-state index in [9.17, 15) is 14.4 Å². The largest absolute Gasteiger partial charge is 0.445 e. The van der Waals surface area contributed by atoms with Crippen LogP contribution in [0.4, 0.5) is 9.59 Å². The Kier molecular flexibility index (Phi) is 10.3. The van der Waals surface area contributed by atoms with E-state index in [0.29, 0.717) is 13.0 Å². The van der Waals surface area contributed by atoms with Crippen LogP contribution in [0.2, 0.25) is 0 Å². The molecule has 0 aliphatic carbocycles. The van der Waals surface area contributed by atoms with Crippen molar-refractivity contribution in [1.82, 2.24) is 16.0 Å². The molecule has 1 unspecified atom stereocenters. The zero-order valence-electron chi connectivity index (χ0n) is 22.0. The fourth-order valence-corrected chi connectivity index (χ4v) is 3.54. The average molecular weight is 518 g/mol. The van der Waals surface area contributed by atoms with Gasteiger partial charge in [-0.05, 0) is 43.0 Å². The first kappa shape index (κ1) is 28.2. The van der Waals surface area contributed by atoms with Gasteiger partial charge in [0.05, 0.1) is 0 Å². The lowest BCUT2D eigenvalue weighted by molar-refractivity contribution is -0.123. The van der Waals surface area contributed by atoms with Crippen molar-refractivity contribution < 1.29 is 23.9 Å². The number of carbonyl (C=O) groups excluding carboxylic acids is 3. The summed E-state index contributed by atoms with van der Waals surface area (Å²) in [7, 11) is 0. The Morgan fingerprint density at radius 1 is 0.684 bits per heavy atom. The lowest BCUT2D eigenvalue weighted by Gasteiger charge is -2.19. The lowest BCUT2D eigenvalue weighted by Crippen LogP contribution is -2.48. The molecule has 0 aliphatic rings. The predicted octanol–water partition coefficient (Wildman–Crippen LogP) is 4.87. The third kappa shape index (κ3) is 10.3. The maximum atomic E-state index is 13.0. The fourth-order valence-electron chi connectivity index (χ4n) is 3.54. The standard InChI is InChI=1S/C30H35N3O5/c1-30(2,3)38-28(35)32-20-24-16-14-23(15-17-24)19-31-27(34)26(18-22-10-6-4-7-11-22)33-29(36)37-21-25-12-8-5-9-13-25/h4-17,26H,18-21H2,1-3H3,(H,31,34)(H,32,35)(H,33,36). The molecule has 0 fully saturated rings. The molecule has 0 saturated carbocycles. The van der Waals surface area contributed by atoms with E-state index in [2.05, 4.69) is 16.0 Å². The molecule has 0 bridgehead atoms. The second-order valence-electron chi connectivity index (χ2n) is 9.84. The molecule has 0 aromatic heterocycles. The van der Waals surface area contributed by atoms with Crippen molar-refractivity contribution in [2.24, 2.45) is 0 Å². The SMILES string of the molecule is CC(C)(C)OC(=O)NCc1ccc(CNC(=O)C(Cc2ccccc2)NC(=O)OCc2ccccc2)cc1. The van der Waals surface area contributed by atoms with Crippen molar-refractivity contribution in [2.75, 3.05) is 0 Å². The number of carbonyl (C=O) groups is 3. The van der Waals surface area contributed by atoms with E-state index in [4.69, 9.17) is 9.47 Å². The van der Waals surface area contributed by atoms with Crippen molar-refractivity contribution in [3.63, 3.8) is 0 Å². The van der Waals surface area contributed by atoms with Gasteiger partial charge in [-0.15, -0.1) is 0 Å². The van der Waals surface area contributed by atoms with Gasteiger partial charge < -0.3 is 25.4 Å². The summed E-state index contributed by atoms with van der Waals surface area (Å²) in [6, 6.07) is 25.5. The van der Waals surface area contributed by atoms with Gasteiger partial charge >= 0.3 is 12.2 Å². The van der Waals surface area contributed by atoms with Gasteiger partial charge in [-0.3, -0.25) is 4.79 Å². The molecule has 8 heteroatoms. The topological polar surface area (TPSA) is 106 Å². The van der Waals surface area contributed by atoms with Crippen LogP contribution in [-0.2, 0) is 40.4 Å². The molecule has 3 amide bonds. The Labute approximate surface area is 223 Å². The molecular weight excluding hydrogens is 482 g/mol. The van der Waals surface area contributed by atoms with Gasteiger partial charge in [0.1, 0.15) is 18.2 Å². The molecule has 3 aromatic rings. The molecule has 38 heavy (non-hydrogen) atoms. The molecule has 200 valence electrons. The van der Waals surface area contributed by atoms with Crippen LogP contribution < -0.4 is 16.0 Å². The first-order valence-corrected chi connectivity index (χ1v) is 12.5. The number of nitrogens with one attached hydrogen (secondary N) is 3. The van der Waals surface area contributed by atoms with Gasteiger partial charge in [-0.1, -0.05) is 84.9 Å². The van der Waals surface area contributed by atoms with E-state index in [-0.39, 0.29) is 19.1 Å². The zero-order chi connectivity index (χ0) is 27.4. The molecule has 1 atom stereocenters. The summed E-state index contributed by atoms with van der Waals surface area (Å²) >= 11 is 0. The Balaban J connectivity index is 1.53. The third-order valence-corrected chi connectivity index (χ3v) is 5.43. The van der Waals surface area contributed by atoms with Crippen molar-refractivity contribution in [1.29, 1.82) is 0 Å². The number of ether oxygens (including phenoxy) is 2. The average Bonchev–Trinajstić information content (AvgIpc) is 2.90. The quantitative estimate of drug-likeness (QED) is 0.356. The van der Waals surface area contributed by atoms with Gasteiger partial charge in [-0.2, -0.15) is 0 Å². The lowest BCUT2D eigenvalue weighted by atomic mass is 10.1. The fraction of sp³-hybridized carbons (Fsp3) is 0.300. The summed E-state index contributed by atoms with van der Waals surface area (Å²) in [5, 5.41) is 8.31. The summed E-state index contributed by atoms with van der Waals surface area (Å²) in [6.07, 6.45) is -0.817. The van der Waals surface area contributed by atoms with E-state index in [0.717, 1.165) is 22.3 Å². The van der Waals surface area contributed by atoms with Crippen molar-refractivity contribution in [2.45, 2.75) is 58.5 Å².